The minimum Gasteiger partial charge on any atom is -0.481 e. The number of ether oxygens (including phenoxy) is 1. The number of benzene rings is 1. The van der Waals surface area contributed by atoms with Gasteiger partial charge in [-0.1, -0.05) is 34.1 Å². The van der Waals surface area contributed by atoms with Crippen molar-refractivity contribution < 1.29 is 9.13 Å². The summed E-state index contributed by atoms with van der Waals surface area (Å²) in [6.45, 7) is 1.76. The quantitative estimate of drug-likeness (QED) is 0.806. The average Bonchev–Trinajstić information content (AvgIpc) is 2.42. The van der Waals surface area contributed by atoms with Gasteiger partial charge in [-0.2, -0.15) is 0 Å². The molecular weight excluding hydrogens is 311 g/mol. The van der Waals surface area contributed by atoms with E-state index < -0.39 is 0 Å². The van der Waals surface area contributed by atoms with Crippen LogP contribution in [0.4, 0.5) is 4.39 Å². The SMILES string of the molecule is COc1cc(CC(Br)c2cccc(C)c2F)ncn1. The second-order valence-corrected chi connectivity index (χ2v) is 5.31. The average molecular weight is 325 g/mol. The van der Waals surface area contributed by atoms with Gasteiger partial charge in [0, 0.05) is 28.6 Å². The van der Waals surface area contributed by atoms with Crippen LogP contribution in [0, 0.1) is 12.7 Å². The van der Waals surface area contributed by atoms with Crippen LogP contribution in [0.3, 0.4) is 0 Å². The van der Waals surface area contributed by atoms with E-state index in [0.717, 1.165) is 5.69 Å². The Kier molecular flexibility index (Phi) is 4.47. The van der Waals surface area contributed by atoms with E-state index in [2.05, 4.69) is 25.9 Å². The molecule has 100 valence electrons. The fourth-order valence-electron chi connectivity index (χ4n) is 1.81. The molecule has 0 spiro atoms. The van der Waals surface area contributed by atoms with Crippen molar-refractivity contribution >= 4 is 15.9 Å². The Hall–Kier alpha value is -1.49. The van der Waals surface area contributed by atoms with Gasteiger partial charge in [0.1, 0.15) is 12.1 Å². The molecule has 0 aliphatic heterocycles. The third kappa shape index (κ3) is 3.29. The van der Waals surface area contributed by atoms with Crippen molar-refractivity contribution in [1.82, 2.24) is 9.97 Å². The summed E-state index contributed by atoms with van der Waals surface area (Å²) in [6.07, 6.45) is 2.01. The third-order valence-corrected chi connectivity index (χ3v) is 3.67. The molecule has 1 atom stereocenters. The largest absolute Gasteiger partial charge is 0.481 e. The predicted molar refractivity (Wildman–Crippen MR) is 75.1 cm³/mol. The molecule has 0 N–H and O–H groups in total. The van der Waals surface area contributed by atoms with E-state index in [1.54, 1.807) is 32.2 Å². The van der Waals surface area contributed by atoms with Crippen LogP contribution in [-0.2, 0) is 6.42 Å². The van der Waals surface area contributed by atoms with E-state index in [1.807, 2.05) is 6.07 Å². The molecule has 1 aromatic heterocycles. The molecule has 5 heteroatoms. The van der Waals surface area contributed by atoms with Crippen LogP contribution in [0.5, 0.6) is 5.88 Å². The molecule has 0 fully saturated rings. The van der Waals surface area contributed by atoms with Gasteiger partial charge in [0.2, 0.25) is 5.88 Å². The second kappa shape index (κ2) is 6.10. The number of aromatic nitrogens is 2. The lowest BCUT2D eigenvalue weighted by Gasteiger charge is -2.12. The van der Waals surface area contributed by atoms with Crippen LogP contribution in [0.15, 0.2) is 30.6 Å². The predicted octanol–water partition coefficient (Wildman–Crippen LogP) is 3.61. The number of hydrogen-bond acceptors (Lipinski definition) is 3. The van der Waals surface area contributed by atoms with Crippen LogP contribution in [0.2, 0.25) is 0 Å². The van der Waals surface area contributed by atoms with Crippen molar-refractivity contribution in [3.63, 3.8) is 0 Å². The normalized spacial score (nSPS) is 12.2. The maximum Gasteiger partial charge on any atom is 0.216 e. The lowest BCUT2D eigenvalue weighted by molar-refractivity contribution is 0.396. The molecule has 0 radical (unpaired) electrons. The molecule has 3 nitrogen and oxygen atoms in total. The summed E-state index contributed by atoms with van der Waals surface area (Å²) >= 11 is 3.51. The number of halogens is 2. The lowest BCUT2D eigenvalue weighted by Crippen LogP contribution is -2.02. The Morgan fingerprint density at radius 3 is 2.89 bits per heavy atom. The number of nitrogens with zero attached hydrogens (tertiary/aromatic N) is 2. The monoisotopic (exact) mass is 324 g/mol. The number of alkyl halides is 1. The van der Waals surface area contributed by atoms with Gasteiger partial charge < -0.3 is 4.74 Å². The molecule has 0 saturated heterocycles. The molecular formula is C14H14BrFN2O. The molecule has 0 amide bonds. The molecule has 0 aliphatic carbocycles. The molecule has 2 rings (SSSR count). The number of rotatable bonds is 4. The van der Waals surface area contributed by atoms with Crippen molar-refractivity contribution in [2.75, 3.05) is 7.11 Å². The molecule has 2 aromatic rings. The summed E-state index contributed by atoms with van der Waals surface area (Å²) < 4.78 is 19.1. The maximum atomic E-state index is 14.0. The zero-order valence-electron chi connectivity index (χ0n) is 10.7. The zero-order valence-corrected chi connectivity index (χ0v) is 12.3. The first-order valence-electron chi connectivity index (χ1n) is 5.86. The molecule has 19 heavy (non-hydrogen) atoms. The minimum atomic E-state index is -0.176. The molecule has 0 aliphatic rings. The first kappa shape index (κ1) is 13.9. The van der Waals surface area contributed by atoms with Gasteiger partial charge in [-0.3, -0.25) is 0 Å². The van der Waals surface area contributed by atoms with Crippen LogP contribution >= 0.6 is 15.9 Å². The van der Waals surface area contributed by atoms with Crippen LogP contribution < -0.4 is 4.74 Å². The molecule has 0 bridgehead atoms. The maximum absolute atomic E-state index is 14.0. The summed E-state index contributed by atoms with van der Waals surface area (Å²) in [7, 11) is 1.55. The van der Waals surface area contributed by atoms with E-state index in [-0.39, 0.29) is 10.6 Å². The highest BCUT2D eigenvalue weighted by molar-refractivity contribution is 9.09. The van der Waals surface area contributed by atoms with Crippen molar-refractivity contribution in [1.29, 1.82) is 0 Å². The summed E-state index contributed by atoms with van der Waals surface area (Å²) in [5.74, 6) is 0.333. The van der Waals surface area contributed by atoms with Gasteiger partial charge in [0.25, 0.3) is 0 Å². The van der Waals surface area contributed by atoms with Crippen LogP contribution in [0.25, 0.3) is 0 Å². The summed E-state index contributed by atoms with van der Waals surface area (Å²) in [4.78, 5) is 7.98. The van der Waals surface area contributed by atoms with Gasteiger partial charge in [-0.25, -0.2) is 14.4 Å². The molecule has 0 saturated carbocycles. The summed E-state index contributed by atoms with van der Waals surface area (Å²) in [6, 6.07) is 7.14. The van der Waals surface area contributed by atoms with Gasteiger partial charge >= 0.3 is 0 Å². The van der Waals surface area contributed by atoms with Crippen LogP contribution in [0.1, 0.15) is 21.6 Å². The summed E-state index contributed by atoms with van der Waals surface area (Å²) in [5, 5.41) is 0. The fourth-order valence-corrected chi connectivity index (χ4v) is 2.49. The second-order valence-electron chi connectivity index (χ2n) is 4.20. The van der Waals surface area contributed by atoms with E-state index in [0.29, 0.717) is 23.4 Å². The molecule has 1 aromatic carbocycles. The Balaban J connectivity index is 2.20. The summed E-state index contributed by atoms with van der Waals surface area (Å²) in [5.41, 5.74) is 2.08. The molecule has 1 heterocycles. The van der Waals surface area contributed by atoms with Crippen LogP contribution in [-0.4, -0.2) is 17.1 Å². The van der Waals surface area contributed by atoms with Gasteiger partial charge in [-0.15, -0.1) is 0 Å². The zero-order chi connectivity index (χ0) is 13.8. The van der Waals surface area contributed by atoms with E-state index in [1.165, 1.54) is 6.33 Å². The van der Waals surface area contributed by atoms with E-state index in [4.69, 9.17) is 4.74 Å². The Morgan fingerprint density at radius 1 is 1.37 bits per heavy atom. The smallest absolute Gasteiger partial charge is 0.216 e. The minimum absolute atomic E-state index is 0.132. The topological polar surface area (TPSA) is 35.0 Å². The number of aryl methyl sites for hydroxylation is 1. The number of methoxy groups -OCH3 is 1. The highest BCUT2D eigenvalue weighted by Crippen LogP contribution is 2.30. The lowest BCUT2D eigenvalue weighted by atomic mass is 10.0. The van der Waals surface area contributed by atoms with Crippen molar-refractivity contribution in [3.8, 4) is 5.88 Å². The first-order chi connectivity index (χ1) is 9.11. The standard InChI is InChI=1S/C14H14BrFN2O/c1-9-4-3-5-11(14(9)16)12(15)6-10-7-13(19-2)18-8-17-10/h3-5,7-8,12H,6H2,1-2H3. The Bertz CT molecular complexity index is 577. The molecule has 1 unspecified atom stereocenters. The third-order valence-electron chi connectivity index (χ3n) is 2.86. The fraction of sp³-hybridized carbons (Fsp3) is 0.286. The van der Waals surface area contributed by atoms with E-state index in [9.17, 15) is 4.39 Å². The van der Waals surface area contributed by atoms with Crippen molar-refractivity contribution in [2.24, 2.45) is 0 Å². The van der Waals surface area contributed by atoms with Gasteiger partial charge in [0.05, 0.1) is 7.11 Å². The highest BCUT2D eigenvalue weighted by atomic mass is 79.9. The van der Waals surface area contributed by atoms with E-state index >= 15 is 0 Å². The van der Waals surface area contributed by atoms with Crippen molar-refractivity contribution in [2.45, 2.75) is 18.2 Å². The first-order valence-corrected chi connectivity index (χ1v) is 6.77. The Labute approximate surface area is 120 Å². The Morgan fingerprint density at radius 2 is 2.16 bits per heavy atom. The van der Waals surface area contributed by atoms with Gasteiger partial charge in [-0.05, 0) is 12.5 Å². The van der Waals surface area contributed by atoms with Gasteiger partial charge in [0.15, 0.2) is 0 Å². The highest BCUT2D eigenvalue weighted by Gasteiger charge is 2.15. The van der Waals surface area contributed by atoms with Crippen molar-refractivity contribution in [3.05, 3.63) is 53.2 Å². The number of hydrogen-bond donors (Lipinski definition) is 0.